The maximum Gasteiger partial charge on any atom is 0.293 e. The van der Waals surface area contributed by atoms with Gasteiger partial charge in [0.15, 0.2) is 5.78 Å². The number of anilines is 1. The molecule has 130 valence electrons. The second kappa shape index (κ2) is 7.03. The summed E-state index contributed by atoms with van der Waals surface area (Å²) in [7, 11) is 2.06. The van der Waals surface area contributed by atoms with Crippen molar-refractivity contribution < 1.29 is 9.72 Å². The lowest BCUT2D eigenvalue weighted by Crippen LogP contribution is -2.47. The predicted octanol–water partition coefficient (Wildman–Crippen LogP) is 3.29. The van der Waals surface area contributed by atoms with Gasteiger partial charge in [0.25, 0.3) is 5.69 Å². The molecule has 2 aromatic rings. The molecule has 3 rings (SSSR count). The van der Waals surface area contributed by atoms with E-state index >= 15 is 0 Å². The maximum absolute atomic E-state index is 11.6. The van der Waals surface area contributed by atoms with Gasteiger partial charge in [0, 0.05) is 31.3 Å². The van der Waals surface area contributed by atoms with Crippen LogP contribution in [-0.4, -0.2) is 42.3 Å². The summed E-state index contributed by atoms with van der Waals surface area (Å²) >= 11 is 0. The molecule has 1 saturated heterocycles. The van der Waals surface area contributed by atoms with Crippen LogP contribution in [0.15, 0.2) is 48.5 Å². The topological polar surface area (TPSA) is 66.7 Å². The maximum atomic E-state index is 11.6. The van der Waals surface area contributed by atoms with Crippen LogP contribution >= 0.6 is 0 Å². The molecular weight excluding hydrogens is 318 g/mol. The Balaban J connectivity index is 2.06. The van der Waals surface area contributed by atoms with E-state index in [1.807, 2.05) is 30.3 Å². The highest BCUT2D eigenvalue weighted by molar-refractivity contribution is 5.95. The van der Waals surface area contributed by atoms with Gasteiger partial charge < -0.3 is 9.80 Å². The van der Waals surface area contributed by atoms with Crippen LogP contribution in [0, 0.1) is 10.1 Å². The Bertz CT molecular complexity index is 792. The first kappa shape index (κ1) is 17.1. The van der Waals surface area contributed by atoms with Crippen LogP contribution in [0.5, 0.6) is 0 Å². The van der Waals surface area contributed by atoms with Crippen LogP contribution in [-0.2, 0) is 0 Å². The number of rotatable bonds is 4. The third-order valence-electron chi connectivity index (χ3n) is 4.66. The molecule has 6 nitrogen and oxygen atoms in total. The fraction of sp³-hybridized carbons (Fsp3) is 0.316. The molecule has 25 heavy (non-hydrogen) atoms. The van der Waals surface area contributed by atoms with Crippen molar-refractivity contribution in [3.63, 3.8) is 0 Å². The summed E-state index contributed by atoms with van der Waals surface area (Å²) < 4.78 is 0. The van der Waals surface area contributed by atoms with Crippen molar-refractivity contribution in [1.82, 2.24) is 4.90 Å². The van der Waals surface area contributed by atoms with Crippen LogP contribution in [0.25, 0.3) is 0 Å². The van der Waals surface area contributed by atoms with Crippen LogP contribution in [0.4, 0.5) is 11.4 Å². The molecule has 0 aromatic heterocycles. The smallest absolute Gasteiger partial charge is 0.293 e. The molecule has 0 amide bonds. The average molecular weight is 339 g/mol. The molecule has 0 radical (unpaired) electrons. The molecule has 0 bridgehead atoms. The Labute approximate surface area is 146 Å². The number of ketones is 1. The molecule has 0 N–H and O–H groups in total. The number of Topliss-reactive ketones (excluding diaryl/α,β-unsaturated/α-hetero) is 1. The summed E-state index contributed by atoms with van der Waals surface area (Å²) in [5, 5.41) is 11.6. The fourth-order valence-corrected chi connectivity index (χ4v) is 3.30. The van der Waals surface area contributed by atoms with E-state index in [9.17, 15) is 14.9 Å². The number of carbonyl (C=O) groups excluding carboxylic acids is 1. The van der Waals surface area contributed by atoms with Gasteiger partial charge in [-0.2, -0.15) is 0 Å². The van der Waals surface area contributed by atoms with Crippen molar-refractivity contribution in [3.8, 4) is 0 Å². The summed E-state index contributed by atoms with van der Waals surface area (Å²) in [5.41, 5.74) is 2.04. The van der Waals surface area contributed by atoms with Crippen LogP contribution < -0.4 is 4.90 Å². The summed E-state index contributed by atoms with van der Waals surface area (Å²) in [6, 6.07) is 14.8. The number of piperazine rings is 1. The zero-order chi connectivity index (χ0) is 18.0. The number of nitro groups is 1. The van der Waals surface area contributed by atoms with Crippen molar-refractivity contribution in [2.45, 2.75) is 13.0 Å². The van der Waals surface area contributed by atoms with Gasteiger partial charge in [-0.25, -0.2) is 0 Å². The fourth-order valence-electron chi connectivity index (χ4n) is 3.30. The highest BCUT2D eigenvalue weighted by atomic mass is 16.6. The predicted molar refractivity (Wildman–Crippen MR) is 97.1 cm³/mol. The van der Waals surface area contributed by atoms with Crippen molar-refractivity contribution in [2.24, 2.45) is 0 Å². The lowest BCUT2D eigenvalue weighted by atomic mass is 10.0. The highest BCUT2D eigenvalue weighted by Crippen LogP contribution is 2.36. The number of nitro benzene ring substituents is 1. The first-order valence-electron chi connectivity index (χ1n) is 8.27. The van der Waals surface area contributed by atoms with Crippen molar-refractivity contribution in [2.75, 3.05) is 31.6 Å². The van der Waals surface area contributed by atoms with Crippen LogP contribution in [0.2, 0.25) is 0 Å². The highest BCUT2D eigenvalue weighted by Gasteiger charge is 2.31. The summed E-state index contributed by atoms with van der Waals surface area (Å²) in [6.07, 6.45) is 0. The molecule has 1 aliphatic rings. The van der Waals surface area contributed by atoms with E-state index in [0.717, 1.165) is 18.7 Å². The van der Waals surface area contributed by atoms with Gasteiger partial charge in [-0.05, 0) is 31.7 Å². The van der Waals surface area contributed by atoms with Crippen molar-refractivity contribution >= 4 is 17.2 Å². The minimum atomic E-state index is -0.401. The lowest BCUT2D eigenvalue weighted by molar-refractivity contribution is -0.384. The molecule has 0 unspecified atom stereocenters. The van der Waals surface area contributed by atoms with Crippen molar-refractivity contribution in [3.05, 3.63) is 69.8 Å². The van der Waals surface area contributed by atoms with Gasteiger partial charge in [-0.15, -0.1) is 0 Å². The first-order chi connectivity index (χ1) is 12.0. The summed E-state index contributed by atoms with van der Waals surface area (Å²) in [6.45, 7) is 3.72. The zero-order valence-corrected chi connectivity index (χ0v) is 14.4. The van der Waals surface area contributed by atoms with Crippen molar-refractivity contribution in [1.29, 1.82) is 0 Å². The molecule has 0 saturated carbocycles. The van der Waals surface area contributed by atoms with Crippen LogP contribution in [0.1, 0.15) is 28.9 Å². The molecular formula is C19H21N3O3. The second-order valence-corrected chi connectivity index (χ2v) is 6.40. The summed E-state index contributed by atoms with van der Waals surface area (Å²) in [5.74, 6) is -0.173. The molecule has 0 aliphatic carbocycles. The molecule has 0 spiro atoms. The van der Waals surface area contributed by atoms with E-state index in [1.165, 1.54) is 13.0 Å². The molecule has 1 fully saturated rings. The van der Waals surface area contributed by atoms with E-state index in [-0.39, 0.29) is 17.5 Å². The molecule has 1 atom stereocenters. The second-order valence-electron chi connectivity index (χ2n) is 6.40. The third-order valence-corrected chi connectivity index (χ3v) is 4.66. The number of carbonyl (C=O) groups is 1. The SMILES string of the molecule is CC(=O)c1ccc(N2CCN(C)C[C@@H]2c2ccccc2)c([N+](=O)[O-])c1. The largest absolute Gasteiger partial charge is 0.356 e. The van der Waals surface area contributed by atoms with Crippen LogP contribution in [0.3, 0.4) is 0 Å². The Hall–Kier alpha value is -2.73. The molecule has 2 aromatic carbocycles. The van der Waals surface area contributed by atoms with E-state index < -0.39 is 4.92 Å². The Morgan fingerprint density at radius 3 is 2.52 bits per heavy atom. The number of benzene rings is 2. The minimum absolute atomic E-state index is 0.0156. The average Bonchev–Trinajstić information content (AvgIpc) is 2.62. The number of hydrogen-bond donors (Lipinski definition) is 0. The van der Waals surface area contributed by atoms with Gasteiger partial charge in [-0.3, -0.25) is 14.9 Å². The monoisotopic (exact) mass is 339 g/mol. The molecule has 1 aliphatic heterocycles. The van der Waals surface area contributed by atoms with E-state index in [2.05, 4.69) is 16.8 Å². The Morgan fingerprint density at radius 2 is 1.88 bits per heavy atom. The van der Waals surface area contributed by atoms with Gasteiger partial charge >= 0.3 is 0 Å². The van der Waals surface area contributed by atoms with Gasteiger partial charge in [0.1, 0.15) is 5.69 Å². The Kier molecular flexibility index (Phi) is 4.81. The third kappa shape index (κ3) is 3.53. The number of likely N-dealkylation sites (N-methyl/N-ethyl adjacent to an activating group) is 1. The number of hydrogen-bond acceptors (Lipinski definition) is 5. The van der Waals surface area contributed by atoms with E-state index in [1.54, 1.807) is 12.1 Å². The van der Waals surface area contributed by atoms with Gasteiger partial charge in [-0.1, -0.05) is 30.3 Å². The minimum Gasteiger partial charge on any atom is -0.356 e. The van der Waals surface area contributed by atoms with Gasteiger partial charge in [0.05, 0.1) is 11.0 Å². The normalized spacial score (nSPS) is 18.2. The number of nitrogens with zero attached hydrogens (tertiary/aromatic N) is 3. The lowest BCUT2D eigenvalue weighted by Gasteiger charge is -2.41. The van der Waals surface area contributed by atoms with Gasteiger partial charge in [0.2, 0.25) is 0 Å². The van der Waals surface area contributed by atoms with E-state index in [4.69, 9.17) is 0 Å². The molecule has 1 heterocycles. The zero-order valence-electron chi connectivity index (χ0n) is 14.4. The Morgan fingerprint density at radius 1 is 1.16 bits per heavy atom. The standard InChI is InChI=1S/C19H21N3O3/c1-14(23)16-8-9-17(18(12-16)22(24)25)21-11-10-20(2)13-19(21)15-6-4-3-5-7-15/h3-9,12,19H,10-11,13H2,1-2H3/t19-/m1/s1. The van der Waals surface area contributed by atoms with E-state index in [0.29, 0.717) is 17.8 Å². The first-order valence-corrected chi connectivity index (χ1v) is 8.27. The quantitative estimate of drug-likeness (QED) is 0.486. The molecule has 6 heteroatoms. The summed E-state index contributed by atoms with van der Waals surface area (Å²) in [4.78, 5) is 27.1.